The molecule has 2 aliphatic heterocycles. The molecule has 246 valence electrons. The van der Waals surface area contributed by atoms with E-state index >= 15 is 0 Å². The minimum Gasteiger partial charge on any atom is -0.493 e. The van der Waals surface area contributed by atoms with Crippen molar-refractivity contribution in [3.8, 4) is 17.2 Å². The number of halogens is 1. The second kappa shape index (κ2) is 14.1. The van der Waals surface area contributed by atoms with Crippen LogP contribution in [-0.4, -0.2) is 75.2 Å². The van der Waals surface area contributed by atoms with E-state index in [9.17, 15) is 27.5 Å². The van der Waals surface area contributed by atoms with Crippen molar-refractivity contribution in [2.75, 3.05) is 50.2 Å². The molecule has 1 amide bonds. The van der Waals surface area contributed by atoms with Gasteiger partial charge in [0.2, 0.25) is 5.91 Å². The number of aryl methyl sites for hydroxylation is 2. The molecule has 2 heterocycles. The van der Waals surface area contributed by atoms with Gasteiger partial charge in [-0.15, -0.1) is 0 Å². The molecule has 5 rings (SSSR count). The first-order valence-corrected chi connectivity index (χ1v) is 17.4. The molecule has 3 aromatic rings. The summed E-state index contributed by atoms with van der Waals surface area (Å²) in [6.45, 7) is 4.76. The van der Waals surface area contributed by atoms with Gasteiger partial charge in [-0.1, -0.05) is 32.0 Å². The average molecular weight is 655 g/mol. The largest absolute Gasteiger partial charge is 0.493 e. The van der Waals surface area contributed by atoms with Crippen LogP contribution < -0.4 is 19.5 Å². The molecule has 46 heavy (non-hydrogen) atoms. The lowest BCUT2D eigenvalue weighted by atomic mass is 9.82. The molecule has 0 aromatic heterocycles. The number of carboxylic acid groups (broad SMARTS) is 1. The summed E-state index contributed by atoms with van der Waals surface area (Å²) in [7, 11) is -3.19. The second-order valence-electron chi connectivity index (χ2n) is 11.6. The van der Waals surface area contributed by atoms with Crippen LogP contribution in [0.3, 0.4) is 0 Å². The number of fused-ring (bicyclic) bond motifs is 1. The summed E-state index contributed by atoms with van der Waals surface area (Å²) in [6.07, 6.45) is 2.19. The van der Waals surface area contributed by atoms with Crippen LogP contribution in [0.5, 0.6) is 17.2 Å². The molecule has 0 saturated carbocycles. The minimum absolute atomic E-state index is 0.0132. The second-order valence-corrected chi connectivity index (χ2v) is 13.9. The van der Waals surface area contributed by atoms with Crippen LogP contribution in [0.1, 0.15) is 48.1 Å². The van der Waals surface area contributed by atoms with Crippen LogP contribution >= 0.6 is 0 Å². The van der Waals surface area contributed by atoms with E-state index < -0.39 is 33.7 Å². The molecule has 2 N–H and O–H groups in total. The van der Waals surface area contributed by atoms with Crippen LogP contribution in [0.2, 0.25) is 0 Å². The van der Waals surface area contributed by atoms with E-state index in [1.165, 1.54) is 12.1 Å². The van der Waals surface area contributed by atoms with Gasteiger partial charge in [0.1, 0.15) is 31.4 Å². The van der Waals surface area contributed by atoms with E-state index in [0.29, 0.717) is 65.7 Å². The smallest absolute Gasteiger partial charge is 0.309 e. The molecule has 1 saturated heterocycles. The maximum atomic E-state index is 14.2. The van der Waals surface area contributed by atoms with Crippen molar-refractivity contribution in [2.45, 2.75) is 38.6 Å². The highest BCUT2D eigenvalue weighted by molar-refractivity contribution is 7.90. The fourth-order valence-electron chi connectivity index (χ4n) is 6.30. The Hall–Kier alpha value is -4.16. The topological polar surface area (TPSA) is 131 Å². The van der Waals surface area contributed by atoms with Gasteiger partial charge in [0, 0.05) is 30.4 Å². The van der Waals surface area contributed by atoms with Crippen LogP contribution in [0.4, 0.5) is 10.1 Å². The Morgan fingerprint density at radius 2 is 1.61 bits per heavy atom. The van der Waals surface area contributed by atoms with Crippen molar-refractivity contribution >= 4 is 27.4 Å². The minimum atomic E-state index is -3.19. The predicted molar refractivity (Wildman–Crippen MR) is 171 cm³/mol. The normalized spacial score (nSPS) is 19.5. The monoisotopic (exact) mass is 654 g/mol. The molecule has 12 heteroatoms. The number of aliphatic carboxylic acids is 1. The van der Waals surface area contributed by atoms with Crippen LogP contribution in [0, 0.1) is 11.7 Å². The predicted octanol–water partition coefficient (Wildman–Crippen LogP) is 4.63. The molecular weight excluding hydrogens is 615 g/mol. The Morgan fingerprint density at radius 3 is 2.22 bits per heavy atom. The number of carbonyl (C=O) groups is 2. The van der Waals surface area contributed by atoms with Crippen molar-refractivity contribution in [3.05, 3.63) is 82.7 Å². The van der Waals surface area contributed by atoms with Gasteiger partial charge in [0.15, 0.2) is 21.3 Å². The SMILES string of the molecule is CCc1cc(F)cc(CC)c1NC(=O)CN1C[C@H](c2ccc3c(c2)OCCO3)C(C(=O)O)[C@@H]1c1ccc(OCCS(C)(=O)=O)cc1. The number of anilines is 1. The first-order chi connectivity index (χ1) is 22.0. The van der Waals surface area contributed by atoms with Gasteiger partial charge in [-0.3, -0.25) is 14.5 Å². The summed E-state index contributed by atoms with van der Waals surface area (Å²) in [6, 6.07) is 14.4. The summed E-state index contributed by atoms with van der Waals surface area (Å²) in [5, 5.41) is 13.6. The van der Waals surface area contributed by atoms with Crippen molar-refractivity contribution in [1.82, 2.24) is 4.90 Å². The third-order valence-corrected chi connectivity index (χ3v) is 9.37. The van der Waals surface area contributed by atoms with Gasteiger partial charge in [0.25, 0.3) is 0 Å². The van der Waals surface area contributed by atoms with Gasteiger partial charge in [0.05, 0.1) is 18.2 Å². The molecule has 3 atom stereocenters. The highest BCUT2D eigenvalue weighted by Gasteiger charge is 2.48. The quantitative estimate of drug-likeness (QED) is 0.287. The maximum Gasteiger partial charge on any atom is 0.309 e. The van der Waals surface area contributed by atoms with E-state index in [1.807, 2.05) is 30.9 Å². The van der Waals surface area contributed by atoms with Gasteiger partial charge in [-0.25, -0.2) is 12.8 Å². The maximum absolute atomic E-state index is 14.2. The van der Waals surface area contributed by atoms with E-state index in [4.69, 9.17) is 14.2 Å². The lowest BCUT2D eigenvalue weighted by Crippen LogP contribution is -2.35. The highest BCUT2D eigenvalue weighted by Crippen LogP contribution is 2.47. The third-order valence-electron chi connectivity index (χ3n) is 8.46. The highest BCUT2D eigenvalue weighted by atomic mass is 32.2. The summed E-state index contributed by atoms with van der Waals surface area (Å²) in [4.78, 5) is 28.5. The van der Waals surface area contributed by atoms with E-state index in [-0.39, 0.29) is 37.2 Å². The standard InChI is InChI=1S/C34H39FN2O8S/c1-4-21-16-25(35)17-22(5-2)32(21)36-30(38)20-37-19-27(24-8-11-28-29(18-24)45-13-12-44-28)31(34(39)40)33(37)23-6-9-26(10-7-23)43-14-15-46(3,41)42/h6-11,16-18,27,31,33H,4-5,12-15,19-20H2,1-3H3,(H,36,38)(H,39,40)/t27-,31?,33+/m1/s1. The zero-order valence-corrected chi connectivity index (χ0v) is 26.9. The first kappa shape index (κ1) is 33.2. The number of likely N-dealkylation sites (tertiary alicyclic amines) is 1. The molecular formula is C34H39FN2O8S. The Kier molecular flexibility index (Phi) is 10.2. The van der Waals surface area contributed by atoms with Crippen molar-refractivity contribution < 1.29 is 41.7 Å². The number of amides is 1. The number of carbonyl (C=O) groups excluding carboxylic acids is 1. The molecule has 0 spiro atoms. The number of ether oxygens (including phenoxy) is 3. The van der Waals surface area contributed by atoms with E-state index in [1.54, 1.807) is 30.3 Å². The lowest BCUT2D eigenvalue weighted by molar-refractivity contribution is -0.143. The molecule has 0 bridgehead atoms. The number of carboxylic acids is 1. The van der Waals surface area contributed by atoms with Gasteiger partial charge >= 0.3 is 5.97 Å². The zero-order valence-electron chi connectivity index (χ0n) is 26.1. The molecule has 3 aromatic carbocycles. The molecule has 1 fully saturated rings. The number of hydrogen-bond acceptors (Lipinski definition) is 8. The van der Waals surface area contributed by atoms with Crippen molar-refractivity contribution in [3.63, 3.8) is 0 Å². The summed E-state index contributed by atoms with van der Waals surface area (Å²) in [5.74, 6) is -1.66. The van der Waals surface area contributed by atoms with Gasteiger partial charge in [-0.05, 0) is 71.5 Å². The number of benzene rings is 3. The third kappa shape index (κ3) is 7.61. The van der Waals surface area contributed by atoms with Gasteiger partial charge < -0.3 is 24.6 Å². The van der Waals surface area contributed by atoms with Gasteiger partial charge in [-0.2, -0.15) is 0 Å². The van der Waals surface area contributed by atoms with Crippen molar-refractivity contribution in [1.29, 1.82) is 0 Å². The van der Waals surface area contributed by atoms with Crippen LogP contribution in [-0.2, 0) is 32.3 Å². The number of nitrogens with one attached hydrogen (secondary N) is 1. The summed E-state index contributed by atoms with van der Waals surface area (Å²) in [5.41, 5.74) is 3.38. The van der Waals surface area contributed by atoms with Crippen LogP contribution in [0.15, 0.2) is 54.6 Å². The molecule has 0 aliphatic carbocycles. The van der Waals surface area contributed by atoms with E-state index in [2.05, 4.69) is 5.32 Å². The Balaban J connectivity index is 1.46. The number of sulfone groups is 1. The fraction of sp³-hybridized carbons (Fsp3) is 0.412. The number of hydrogen-bond donors (Lipinski definition) is 2. The van der Waals surface area contributed by atoms with Crippen LogP contribution in [0.25, 0.3) is 0 Å². The Morgan fingerprint density at radius 1 is 0.978 bits per heavy atom. The Bertz CT molecular complexity index is 1670. The van der Waals surface area contributed by atoms with E-state index in [0.717, 1.165) is 11.8 Å². The fourth-order valence-corrected chi connectivity index (χ4v) is 6.68. The van der Waals surface area contributed by atoms with Crippen molar-refractivity contribution in [2.24, 2.45) is 5.92 Å². The molecule has 1 unspecified atom stereocenters. The number of nitrogens with zero attached hydrogens (tertiary/aromatic N) is 1. The summed E-state index contributed by atoms with van der Waals surface area (Å²) < 4.78 is 54.3. The lowest BCUT2D eigenvalue weighted by Gasteiger charge is -2.27. The molecule has 2 aliphatic rings. The summed E-state index contributed by atoms with van der Waals surface area (Å²) >= 11 is 0. The Labute approximate surface area is 268 Å². The molecule has 10 nitrogen and oxygen atoms in total. The zero-order chi connectivity index (χ0) is 33.0. The average Bonchev–Trinajstić information content (AvgIpc) is 3.40. The number of rotatable bonds is 12. The molecule has 0 radical (unpaired) electrons. The first-order valence-electron chi connectivity index (χ1n) is 15.4.